The maximum atomic E-state index is 12.7. The van der Waals surface area contributed by atoms with Gasteiger partial charge in [-0.15, -0.1) is 0 Å². The number of phenolic OH excluding ortho intramolecular Hbond substituents is 1. The minimum absolute atomic E-state index is 0.143. The Balaban J connectivity index is 1.81. The Kier molecular flexibility index (Phi) is 2.90. The second kappa shape index (κ2) is 4.95. The number of fused-ring (bicyclic) bond motifs is 2. The van der Waals surface area contributed by atoms with Crippen molar-refractivity contribution in [1.82, 2.24) is 0 Å². The van der Waals surface area contributed by atoms with Crippen LogP contribution in [0.2, 0.25) is 0 Å². The van der Waals surface area contributed by atoms with Crippen molar-refractivity contribution >= 4 is 16.8 Å². The lowest BCUT2D eigenvalue weighted by Gasteiger charge is -2.05. The normalized spacial score (nSPS) is 12.6. The van der Waals surface area contributed by atoms with E-state index in [1.165, 1.54) is 25.5 Å². The number of aromatic hydroxyl groups is 1. The summed E-state index contributed by atoms with van der Waals surface area (Å²) in [6.45, 7) is 0.143. The molecular weight excluding hydrogens is 300 g/mol. The first-order chi connectivity index (χ1) is 11.2. The fourth-order valence-electron chi connectivity index (χ4n) is 2.57. The van der Waals surface area contributed by atoms with Gasteiger partial charge in [0.25, 0.3) is 0 Å². The highest BCUT2D eigenvalue weighted by Crippen LogP contribution is 2.38. The second-order valence-corrected chi connectivity index (χ2v) is 5.06. The third-order valence-electron chi connectivity index (χ3n) is 3.76. The molecule has 1 aromatic heterocycles. The molecule has 0 saturated carbocycles. The van der Waals surface area contributed by atoms with Crippen molar-refractivity contribution < 1.29 is 28.5 Å². The summed E-state index contributed by atoms with van der Waals surface area (Å²) in [6, 6.07) is 7.91. The van der Waals surface area contributed by atoms with Gasteiger partial charge < -0.3 is 23.7 Å². The van der Waals surface area contributed by atoms with Gasteiger partial charge in [-0.1, -0.05) is 0 Å². The van der Waals surface area contributed by atoms with Crippen LogP contribution in [0.25, 0.3) is 11.0 Å². The van der Waals surface area contributed by atoms with Crippen LogP contribution in [0.3, 0.4) is 0 Å². The largest absolute Gasteiger partial charge is 0.507 e. The predicted octanol–water partition coefficient (Wildman–Crippen LogP) is 3.11. The smallest absolute Gasteiger partial charge is 0.231 e. The Bertz CT molecular complexity index is 924. The van der Waals surface area contributed by atoms with E-state index in [2.05, 4.69) is 0 Å². The van der Waals surface area contributed by atoms with Crippen LogP contribution in [-0.4, -0.2) is 24.8 Å². The fraction of sp³-hybridized carbons (Fsp3) is 0.118. The number of methoxy groups -OCH3 is 1. The summed E-state index contributed by atoms with van der Waals surface area (Å²) in [7, 11) is 1.49. The van der Waals surface area contributed by atoms with E-state index in [9.17, 15) is 9.90 Å². The molecule has 1 aliphatic rings. The van der Waals surface area contributed by atoms with E-state index in [1.54, 1.807) is 18.2 Å². The van der Waals surface area contributed by atoms with Gasteiger partial charge in [-0.05, 0) is 18.2 Å². The molecule has 23 heavy (non-hydrogen) atoms. The molecule has 0 bridgehead atoms. The van der Waals surface area contributed by atoms with Crippen molar-refractivity contribution in [3.05, 3.63) is 47.7 Å². The first kappa shape index (κ1) is 13.5. The Morgan fingerprint density at radius 3 is 2.65 bits per heavy atom. The lowest BCUT2D eigenvalue weighted by atomic mass is 10.0. The molecule has 3 aromatic rings. The molecule has 6 heteroatoms. The topological polar surface area (TPSA) is 78.1 Å². The first-order valence-electron chi connectivity index (χ1n) is 6.90. The molecule has 0 radical (unpaired) electrons. The average molecular weight is 312 g/mol. The maximum Gasteiger partial charge on any atom is 0.231 e. The molecule has 116 valence electrons. The lowest BCUT2D eigenvalue weighted by Crippen LogP contribution is -2.01. The number of hydrogen-bond donors (Lipinski definition) is 1. The van der Waals surface area contributed by atoms with Crippen molar-refractivity contribution in [2.24, 2.45) is 0 Å². The van der Waals surface area contributed by atoms with Gasteiger partial charge in [0.15, 0.2) is 11.5 Å². The Morgan fingerprint density at radius 1 is 1.13 bits per heavy atom. The van der Waals surface area contributed by atoms with Crippen LogP contribution in [0, 0.1) is 0 Å². The zero-order chi connectivity index (χ0) is 16.0. The quantitative estimate of drug-likeness (QED) is 0.749. The van der Waals surface area contributed by atoms with Gasteiger partial charge in [0.2, 0.25) is 12.6 Å². The molecule has 0 aliphatic carbocycles. The fourth-order valence-corrected chi connectivity index (χ4v) is 2.57. The van der Waals surface area contributed by atoms with Gasteiger partial charge in [-0.2, -0.15) is 0 Å². The van der Waals surface area contributed by atoms with Crippen LogP contribution >= 0.6 is 0 Å². The van der Waals surface area contributed by atoms with Crippen LogP contribution < -0.4 is 14.2 Å². The van der Waals surface area contributed by atoms with E-state index in [4.69, 9.17) is 18.6 Å². The molecule has 1 aliphatic heterocycles. The zero-order valence-electron chi connectivity index (χ0n) is 12.2. The molecule has 0 spiro atoms. The summed E-state index contributed by atoms with van der Waals surface area (Å²) >= 11 is 0. The van der Waals surface area contributed by atoms with Gasteiger partial charge in [-0.3, -0.25) is 4.79 Å². The molecule has 0 saturated heterocycles. The predicted molar refractivity (Wildman–Crippen MR) is 80.4 cm³/mol. The molecule has 0 amide bonds. The minimum Gasteiger partial charge on any atom is -0.507 e. The number of phenols is 1. The zero-order valence-corrected chi connectivity index (χ0v) is 12.2. The van der Waals surface area contributed by atoms with E-state index in [1.807, 2.05) is 0 Å². The van der Waals surface area contributed by atoms with Gasteiger partial charge >= 0.3 is 0 Å². The monoisotopic (exact) mass is 312 g/mol. The van der Waals surface area contributed by atoms with Crippen LogP contribution in [0.5, 0.6) is 23.0 Å². The number of hydrogen-bond acceptors (Lipinski definition) is 6. The third-order valence-corrected chi connectivity index (χ3v) is 3.76. The standard InChI is InChI=1S/C17H12O6/c1-20-9-2-3-10(13(18)4-9)17(19)12-7-21-14-6-16-15(5-11(12)14)22-8-23-16/h2-7,18H,8H2,1H3. The highest BCUT2D eigenvalue weighted by Gasteiger charge is 2.22. The molecule has 6 nitrogen and oxygen atoms in total. The van der Waals surface area contributed by atoms with Crippen LogP contribution in [0.4, 0.5) is 0 Å². The van der Waals surface area contributed by atoms with Crippen molar-refractivity contribution in [3.63, 3.8) is 0 Å². The molecule has 4 rings (SSSR count). The van der Waals surface area contributed by atoms with Crippen LogP contribution in [-0.2, 0) is 0 Å². The van der Waals surface area contributed by atoms with E-state index in [0.717, 1.165) is 0 Å². The SMILES string of the molecule is COc1ccc(C(=O)c2coc3cc4c(cc23)OCO4)c(O)c1. The molecule has 1 N–H and O–H groups in total. The number of carbonyl (C=O) groups is 1. The summed E-state index contributed by atoms with van der Waals surface area (Å²) in [6.07, 6.45) is 1.37. The Hall–Kier alpha value is -3.15. The summed E-state index contributed by atoms with van der Waals surface area (Å²) in [5.74, 6) is 1.12. The number of carbonyl (C=O) groups excluding carboxylic acids is 1. The molecule has 0 unspecified atom stereocenters. The molecule has 0 fully saturated rings. The van der Waals surface area contributed by atoms with E-state index < -0.39 is 0 Å². The van der Waals surface area contributed by atoms with E-state index in [-0.39, 0.29) is 23.9 Å². The van der Waals surface area contributed by atoms with Crippen molar-refractivity contribution in [3.8, 4) is 23.0 Å². The summed E-state index contributed by atoms with van der Waals surface area (Å²) in [5, 5.41) is 10.6. The van der Waals surface area contributed by atoms with Crippen molar-refractivity contribution in [2.75, 3.05) is 13.9 Å². The summed E-state index contributed by atoms with van der Waals surface area (Å²) in [4.78, 5) is 12.7. The van der Waals surface area contributed by atoms with Gasteiger partial charge in [0.05, 0.1) is 18.2 Å². The van der Waals surface area contributed by atoms with E-state index in [0.29, 0.717) is 33.8 Å². The number of ketones is 1. The van der Waals surface area contributed by atoms with Gasteiger partial charge in [0, 0.05) is 17.5 Å². The van der Waals surface area contributed by atoms with Gasteiger partial charge in [0.1, 0.15) is 23.3 Å². The highest BCUT2D eigenvalue weighted by molar-refractivity contribution is 6.17. The molecule has 2 heterocycles. The molecular formula is C17H12O6. The lowest BCUT2D eigenvalue weighted by molar-refractivity contribution is 0.103. The minimum atomic E-state index is -0.345. The maximum absolute atomic E-state index is 12.7. The van der Waals surface area contributed by atoms with E-state index >= 15 is 0 Å². The Labute approximate surface area is 130 Å². The summed E-state index contributed by atoms with van der Waals surface area (Å²) in [5.41, 5.74) is 1.04. The number of benzene rings is 2. The molecule has 2 aromatic carbocycles. The average Bonchev–Trinajstić information content (AvgIpc) is 3.17. The number of furan rings is 1. The van der Waals surface area contributed by atoms with Crippen LogP contribution in [0.1, 0.15) is 15.9 Å². The third kappa shape index (κ3) is 2.07. The second-order valence-electron chi connectivity index (χ2n) is 5.06. The molecule has 0 atom stereocenters. The number of ether oxygens (including phenoxy) is 3. The number of rotatable bonds is 3. The highest BCUT2D eigenvalue weighted by atomic mass is 16.7. The Morgan fingerprint density at radius 2 is 1.91 bits per heavy atom. The van der Waals surface area contributed by atoms with Crippen LogP contribution in [0.15, 0.2) is 41.0 Å². The first-order valence-corrected chi connectivity index (χ1v) is 6.90. The van der Waals surface area contributed by atoms with Crippen molar-refractivity contribution in [2.45, 2.75) is 0 Å². The van der Waals surface area contributed by atoms with Gasteiger partial charge in [-0.25, -0.2) is 0 Å². The van der Waals surface area contributed by atoms with Crippen molar-refractivity contribution in [1.29, 1.82) is 0 Å². The summed E-state index contributed by atoms with van der Waals surface area (Å²) < 4.78 is 21.1.